The lowest BCUT2D eigenvalue weighted by Crippen LogP contribution is -2.45. The van der Waals surface area contributed by atoms with Crippen LogP contribution in [0.4, 0.5) is 5.69 Å². The maximum absolute atomic E-state index is 12.3. The van der Waals surface area contributed by atoms with Gasteiger partial charge in [0.2, 0.25) is 5.69 Å². The van der Waals surface area contributed by atoms with Crippen molar-refractivity contribution in [1.29, 1.82) is 0 Å². The first-order valence-corrected chi connectivity index (χ1v) is 6.94. The summed E-state index contributed by atoms with van der Waals surface area (Å²) in [5, 5.41) is 26.7. The fourth-order valence-corrected chi connectivity index (χ4v) is 2.14. The molecule has 22 heavy (non-hydrogen) atoms. The molecule has 0 fully saturated rings. The lowest BCUT2D eigenvalue weighted by Gasteiger charge is -2.17. The van der Waals surface area contributed by atoms with Crippen molar-refractivity contribution < 1.29 is 19.6 Å². The Balaban J connectivity index is 3.22. The number of nitrogens with zero attached hydrogens (tertiary/aromatic N) is 3. The molecule has 0 radical (unpaired) electrons. The molecule has 0 aliphatic heterocycles. The summed E-state index contributed by atoms with van der Waals surface area (Å²) >= 11 is 0. The van der Waals surface area contributed by atoms with Crippen molar-refractivity contribution in [3.8, 4) is 0 Å². The van der Waals surface area contributed by atoms with Crippen LogP contribution in [0, 0.1) is 16.0 Å². The molecule has 1 heterocycles. The van der Waals surface area contributed by atoms with Gasteiger partial charge in [-0.2, -0.15) is 5.10 Å². The molecule has 0 saturated heterocycles. The van der Waals surface area contributed by atoms with E-state index in [0.29, 0.717) is 12.8 Å². The highest BCUT2D eigenvalue weighted by Crippen LogP contribution is 2.24. The van der Waals surface area contributed by atoms with E-state index in [1.165, 1.54) is 7.05 Å². The molecular weight excluding hydrogens is 292 g/mol. The molecule has 0 saturated carbocycles. The van der Waals surface area contributed by atoms with Gasteiger partial charge in [-0.1, -0.05) is 27.2 Å². The second-order valence-electron chi connectivity index (χ2n) is 5.31. The van der Waals surface area contributed by atoms with Gasteiger partial charge in [0.25, 0.3) is 5.91 Å². The number of aromatic nitrogens is 2. The zero-order valence-corrected chi connectivity index (χ0v) is 13.0. The lowest BCUT2D eigenvalue weighted by atomic mass is 10.0. The van der Waals surface area contributed by atoms with E-state index < -0.39 is 22.8 Å². The molecule has 0 aliphatic carbocycles. The standard InChI is InChI=1S/C13H20N4O5/c1-5-6-8-10(17(21)22)11(16(4)15-8)12(18)14-9(7(2)3)13(19)20/h7,9H,5-6H2,1-4H3,(H,14,18)(H,19,20). The van der Waals surface area contributed by atoms with Crippen LogP contribution in [0.25, 0.3) is 0 Å². The number of hydrogen-bond acceptors (Lipinski definition) is 5. The Morgan fingerprint density at radius 2 is 2.05 bits per heavy atom. The summed E-state index contributed by atoms with van der Waals surface area (Å²) in [6.07, 6.45) is 1.01. The number of rotatable bonds is 7. The zero-order valence-electron chi connectivity index (χ0n) is 13.0. The minimum absolute atomic E-state index is 0.219. The van der Waals surface area contributed by atoms with Gasteiger partial charge >= 0.3 is 11.7 Å². The highest BCUT2D eigenvalue weighted by molar-refractivity contribution is 5.98. The molecule has 0 bridgehead atoms. The first-order valence-electron chi connectivity index (χ1n) is 6.94. The molecule has 1 atom stereocenters. The second-order valence-corrected chi connectivity index (χ2v) is 5.31. The van der Waals surface area contributed by atoms with Crippen molar-refractivity contribution in [1.82, 2.24) is 15.1 Å². The average Bonchev–Trinajstić information content (AvgIpc) is 2.72. The van der Waals surface area contributed by atoms with Crippen molar-refractivity contribution in [3.63, 3.8) is 0 Å². The molecule has 1 rings (SSSR count). The zero-order chi connectivity index (χ0) is 17.0. The van der Waals surface area contributed by atoms with Gasteiger partial charge in [0, 0.05) is 7.05 Å². The summed E-state index contributed by atoms with van der Waals surface area (Å²) in [7, 11) is 1.42. The van der Waals surface area contributed by atoms with E-state index in [-0.39, 0.29) is 23.0 Å². The van der Waals surface area contributed by atoms with E-state index in [4.69, 9.17) is 5.11 Å². The number of carbonyl (C=O) groups excluding carboxylic acids is 1. The minimum atomic E-state index is -1.19. The van der Waals surface area contributed by atoms with Crippen molar-refractivity contribution in [3.05, 3.63) is 21.5 Å². The normalized spacial score (nSPS) is 12.2. The first kappa shape index (κ1) is 17.6. The fraction of sp³-hybridized carbons (Fsp3) is 0.615. The van der Waals surface area contributed by atoms with Crippen LogP contribution in [0.2, 0.25) is 0 Å². The van der Waals surface area contributed by atoms with E-state index in [2.05, 4.69) is 10.4 Å². The second kappa shape index (κ2) is 7.01. The Morgan fingerprint density at radius 1 is 1.45 bits per heavy atom. The van der Waals surface area contributed by atoms with Gasteiger partial charge < -0.3 is 10.4 Å². The highest BCUT2D eigenvalue weighted by atomic mass is 16.6. The van der Waals surface area contributed by atoms with E-state index >= 15 is 0 Å². The smallest absolute Gasteiger partial charge is 0.326 e. The Kier molecular flexibility index (Phi) is 5.61. The third-order valence-corrected chi connectivity index (χ3v) is 3.20. The number of carboxylic acid groups (broad SMARTS) is 1. The molecule has 0 aromatic carbocycles. The fourth-order valence-electron chi connectivity index (χ4n) is 2.14. The quantitative estimate of drug-likeness (QED) is 0.573. The number of carbonyl (C=O) groups is 2. The van der Waals surface area contributed by atoms with Crippen molar-refractivity contribution in [2.45, 2.75) is 39.7 Å². The van der Waals surface area contributed by atoms with E-state index in [9.17, 15) is 19.7 Å². The van der Waals surface area contributed by atoms with Gasteiger partial charge in [0.1, 0.15) is 11.7 Å². The molecule has 9 heteroatoms. The summed E-state index contributed by atoms with van der Waals surface area (Å²) in [5.74, 6) is -2.36. The SMILES string of the molecule is CCCc1nn(C)c(C(=O)NC(C(=O)O)C(C)C)c1[N+](=O)[O-]. The molecule has 1 aromatic heterocycles. The number of aryl methyl sites for hydroxylation is 2. The van der Waals surface area contributed by atoms with Gasteiger partial charge in [-0.15, -0.1) is 0 Å². The molecule has 9 nitrogen and oxygen atoms in total. The third kappa shape index (κ3) is 3.60. The largest absolute Gasteiger partial charge is 0.480 e. The molecule has 1 amide bonds. The van der Waals surface area contributed by atoms with Gasteiger partial charge in [-0.25, -0.2) is 4.79 Å². The summed E-state index contributed by atoms with van der Waals surface area (Å²) < 4.78 is 1.12. The number of aliphatic carboxylic acids is 1. The van der Waals surface area contributed by atoms with Crippen LogP contribution in [0.3, 0.4) is 0 Å². The van der Waals surface area contributed by atoms with Gasteiger partial charge in [0.05, 0.1) is 4.92 Å². The van der Waals surface area contributed by atoms with E-state index in [1.807, 2.05) is 6.92 Å². The highest BCUT2D eigenvalue weighted by Gasteiger charge is 2.33. The predicted octanol–water partition coefficient (Wildman–Crippen LogP) is 1.12. The Bertz CT molecular complexity index is 593. The lowest BCUT2D eigenvalue weighted by molar-refractivity contribution is -0.385. The van der Waals surface area contributed by atoms with Crippen LogP contribution in [0.1, 0.15) is 43.4 Å². The molecular formula is C13H20N4O5. The van der Waals surface area contributed by atoms with Crippen molar-refractivity contribution in [2.24, 2.45) is 13.0 Å². The monoisotopic (exact) mass is 312 g/mol. The molecule has 1 aromatic rings. The topological polar surface area (TPSA) is 127 Å². The first-order chi connectivity index (χ1) is 10.2. The average molecular weight is 312 g/mol. The Morgan fingerprint density at radius 3 is 2.45 bits per heavy atom. The Hall–Kier alpha value is -2.45. The van der Waals surface area contributed by atoms with Crippen LogP contribution in [-0.4, -0.2) is 37.7 Å². The Labute approximate surface area is 127 Å². The molecule has 0 aliphatic rings. The molecule has 2 N–H and O–H groups in total. The maximum Gasteiger partial charge on any atom is 0.326 e. The predicted molar refractivity (Wildman–Crippen MR) is 77.6 cm³/mol. The molecule has 1 unspecified atom stereocenters. The van der Waals surface area contributed by atoms with Crippen molar-refractivity contribution >= 4 is 17.6 Å². The summed E-state index contributed by atoms with van der Waals surface area (Å²) in [6, 6.07) is -1.13. The van der Waals surface area contributed by atoms with Crippen LogP contribution >= 0.6 is 0 Å². The third-order valence-electron chi connectivity index (χ3n) is 3.20. The number of carboxylic acids is 1. The van der Waals surface area contributed by atoms with Gasteiger partial charge in [-0.3, -0.25) is 19.6 Å². The van der Waals surface area contributed by atoms with Gasteiger partial charge in [0.15, 0.2) is 0 Å². The van der Waals surface area contributed by atoms with Crippen LogP contribution in [0.15, 0.2) is 0 Å². The van der Waals surface area contributed by atoms with E-state index in [1.54, 1.807) is 13.8 Å². The number of hydrogen-bond donors (Lipinski definition) is 2. The van der Waals surface area contributed by atoms with Gasteiger partial charge in [-0.05, 0) is 12.3 Å². The number of nitrogens with one attached hydrogen (secondary N) is 1. The van der Waals surface area contributed by atoms with E-state index in [0.717, 1.165) is 4.68 Å². The minimum Gasteiger partial charge on any atom is -0.480 e. The maximum atomic E-state index is 12.3. The van der Waals surface area contributed by atoms with Crippen LogP contribution in [0.5, 0.6) is 0 Å². The molecule has 0 spiro atoms. The summed E-state index contributed by atoms with van der Waals surface area (Å²) in [6.45, 7) is 5.12. The van der Waals surface area contributed by atoms with Crippen molar-refractivity contribution in [2.75, 3.05) is 0 Å². The number of nitro groups is 1. The molecule has 122 valence electrons. The summed E-state index contributed by atoms with van der Waals surface area (Å²) in [5.41, 5.74) is -0.383. The van der Waals surface area contributed by atoms with Crippen LogP contribution in [-0.2, 0) is 18.3 Å². The number of amides is 1. The van der Waals surface area contributed by atoms with Crippen LogP contribution < -0.4 is 5.32 Å². The summed E-state index contributed by atoms with van der Waals surface area (Å²) in [4.78, 5) is 34.0.